The van der Waals surface area contributed by atoms with E-state index in [4.69, 9.17) is 13.9 Å². The van der Waals surface area contributed by atoms with Crippen molar-refractivity contribution in [3.05, 3.63) is 48.5 Å². The van der Waals surface area contributed by atoms with Gasteiger partial charge < -0.3 is 19.2 Å². The first kappa shape index (κ1) is 18.6. The number of furan rings is 1. The van der Waals surface area contributed by atoms with Crippen molar-refractivity contribution in [2.75, 3.05) is 17.9 Å². The van der Waals surface area contributed by atoms with Crippen LogP contribution in [0.15, 0.2) is 58.1 Å². The predicted octanol–water partition coefficient (Wildman–Crippen LogP) is 4.17. The van der Waals surface area contributed by atoms with Crippen LogP contribution < -0.4 is 14.8 Å². The first-order valence-corrected chi connectivity index (χ1v) is 10.4. The van der Waals surface area contributed by atoms with Gasteiger partial charge in [0.15, 0.2) is 22.4 Å². The maximum Gasteiger partial charge on any atom is 0.234 e. The molecular formula is C21H18N4O4S. The Balaban J connectivity index is 1.29. The van der Waals surface area contributed by atoms with Gasteiger partial charge >= 0.3 is 0 Å². The molecule has 152 valence electrons. The van der Waals surface area contributed by atoms with Gasteiger partial charge in [-0.2, -0.15) is 0 Å². The summed E-state index contributed by atoms with van der Waals surface area (Å²) in [7, 11) is 0. The highest BCUT2D eigenvalue weighted by atomic mass is 32.2. The molecule has 0 fully saturated rings. The summed E-state index contributed by atoms with van der Waals surface area (Å²) in [5, 5.41) is 13.1. The third-order valence-electron chi connectivity index (χ3n) is 4.67. The standard InChI is InChI=1S/C21H18N4O4S/c1-2-25-20(18-9-13-5-3-4-6-15(13)29-18)23-24-21(25)30-11-19(26)22-14-7-8-16-17(10-14)28-12-27-16/h3-10H,2,11-12H2,1H3,(H,22,26). The fourth-order valence-corrected chi connectivity index (χ4v) is 4.06. The van der Waals surface area contributed by atoms with Crippen LogP contribution in [0, 0.1) is 0 Å². The smallest absolute Gasteiger partial charge is 0.234 e. The molecule has 1 aliphatic rings. The van der Waals surface area contributed by atoms with Crippen LogP contribution in [0.2, 0.25) is 0 Å². The minimum absolute atomic E-state index is 0.144. The molecule has 0 saturated carbocycles. The number of carbonyl (C=O) groups excluding carboxylic acids is 1. The van der Waals surface area contributed by atoms with E-state index in [-0.39, 0.29) is 18.5 Å². The average Bonchev–Trinajstić information content (AvgIpc) is 3.48. The molecule has 1 aliphatic heterocycles. The van der Waals surface area contributed by atoms with Crippen LogP contribution >= 0.6 is 11.8 Å². The van der Waals surface area contributed by atoms with Crippen LogP contribution in [-0.4, -0.2) is 33.2 Å². The molecule has 0 bridgehead atoms. The quantitative estimate of drug-likeness (QED) is 0.466. The van der Waals surface area contributed by atoms with E-state index in [1.807, 2.05) is 41.8 Å². The SMILES string of the molecule is CCn1c(SCC(=O)Nc2ccc3c(c2)OCO3)nnc1-c1cc2ccccc2o1. The molecule has 1 N–H and O–H groups in total. The molecule has 0 saturated heterocycles. The van der Waals surface area contributed by atoms with E-state index in [0.29, 0.717) is 40.5 Å². The Morgan fingerprint density at radius 1 is 1.13 bits per heavy atom. The number of nitrogens with zero attached hydrogens (tertiary/aromatic N) is 3. The monoisotopic (exact) mass is 422 g/mol. The summed E-state index contributed by atoms with van der Waals surface area (Å²) in [5.41, 5.74) is 1.46. The number of hydrogen-bond acceptors (Lipinski definition) is 7. The van der Waals surface area contributed by atoms with E-state index >= 15 is 0 Å². The summed E-state index contributed by atoms with van der Waals surface area (Å²) in [6.45, 7) is 2.86. The number of nitrogens with one attached hydrogen (secondary N) is 1. The molecule has 0 radical (unpaired) electrons. The van der Waals surface area contributed by atoms with Gasteiger partial charge in [-0.1, -0.05) is 30.0 Å². The Kier molecular flexibility index (Phi) is 4.80. The lowest BCUT2D eigenvalue weighted by Crippen LogP contribution is -2.14. The number of ether oxygens (including phenoxy) is 2. The van der Waals surface area contributed by atoms with Crippen LogP contribution in [0.5, 0.6) is 11.5 Å². The normalized spacial score (nSPS) is 12.4. The molecule has 2 aromatic heterocycles. The average molecular weight is 422 g/mol. The van der Waals surface area contributed by atoms with Crippen molar-refractivity contribution in [3.63, 3.8) is 0 Å². The summed E-state index contributed by atoms with van der Waals surface area (Å²) in [6, 6.07) is 15.1. The van der Waals surface area contributed by atoms with Crippen molar-refractivity contribution >= 4 is 34.3 Å². The third-order valence-corrected chi connectivity index (χ3v) is 5.63. The molecule has 5 rings (SSSR count). The number of fused-ring (bicyclic) bond motifs is 2. The van der Waals surface area contributed by atoms with Crippen LogP contribution in [0.25, 0.3) is 22.6 Å². The van der Waals surface area contributed by atoms with Crippen LogP contribution in [0.3, 0.4) is 0 Å². The van der Waals surface area contributed by atoms with Gasteiger partial charge in [-0.25, -0.2) is 0 Å². The van der Waals surface area contributed by atoms with Gasteiger partial charge in [0.25, 0.3) is 0 Å². The number of benzene rings is 2. The second-order valence-corrected chi connectivity index (χ2v) is 7.55. The molecule has 3 heterocycles. The fourth-order valence-electron chi connectivity index (χ4n) is 3.26. The minimum atomic E-state index is -0.144. The van der Waals surface area contributed by atoms with Crippen molar-refractivity contribution in [2.45, 2.75) is 18.6 Å². The lowest BCUT2D eigenvalue weighted by molar-refractivity contribution is -0.113. The Morgan fingerprint density at radius 3 is 2.87 bits per heavy atom. The van der Waals surface area contributed by atoms with Crippen LogP contribution in [0.4, 0.5) is 5.69 Å². The Labute approximate surface area is 176 Å². The summed E-state index contributed by atoms with van der Waals surface area (Å²) >= 11 is 1.33. The highest BCUT2D eigenvalue weighted by Gasteiger charge is 2.18. The number of thioether (sulfide) groups is 1. The van der Waals surface area contributed by atoms with Gasteiger partial charge in [0.2, 0.25) is 18.5 Å². The van der Waals surface area contributed by atoms with E-state index in [0.717, 1.165) is 11.0 Å². The first-order valence-electron chi connectivity index (χ1n) is 9.45. The lowest BCUT2D eigenvalue weighted by Gasteiger charge is -2.07. The Bertz CT molecular complexity index is 1200. The van der Waals surface area contributed by atoms with Gasteiger partial charge in [-0.3, -0.25) is 9.36 Å². The molecule has 4 aromatic rings. The zero-order valence-electron chi connectivity index (χ0n) is 16.1. The van der Waals surface area contributed by atoms with E-state index in [2.05, 4.69) is 15.5 Å². The fraction of sp³-hybridized carbons (Fsp3) is 0.190. The maximum atomic E-state index is 12.4. The summed E-state index contributed by atoms with van der Waals surface area (Å²) < 4.78 is 18.5. The third kappa shape index (κ3) is 3.48. The molecular weight excluding hydrogens is 404 g/mol. The van der Waals surface area contributed by atoms with Gasteiger partial charge in [-0.15, -0.1) is 10.2 Å². The van der Waals surface area contributed by atoms with Crippen molar-refractivity contribution in [2.24, 2.45) is 0 Å². The second kappa shape index (κ2) is 7.75. The summed E-state index contributed by atoms with van der Waals surface area (Å²) in [6.07, 6.45) is 0. The van der Waals surface area contributed by atoms with Crippen molar-refractivity contribution in [3.8, 4) is 23.1 Å². The van der Waals surface area contributed by atoms with Crippen LogP contribution in [0.1, 0.15) is 6.92 Å². The van der Waals surface area contributed by atoms with Gasteiger partial charge in [0, 0.05) is 23.7 Å². The lowest BCUT2D eigenvalue weighted by atomic mass is 10.2. The summed E-state index contributed by atoms with van der Waals surface area (Å²) in [5.74, 6) is 2.66. The Morgan fingerprint density at radius 2 is 2.00 bits per heavy atom. The van der Waals surface area contributed by atoms with Gasteiger partial charge in [-0.05, 0) is 31.2 Å². The largest absolute Gasteiger partial charge is 0.454 e. The molecule has 9 heteroatoms. The summed E-state index contributed by atoms with van der Waals surface area (Å²) in [4.78, 5) is 12.4. The van der Waals surface area contributed by atoms with Crippen molar-refractivity contribution < 1.29 is 18.7 Å². The number of carbonyl (C=O) groups is 1. The number of aromatic nitrogens is 3. The predicted molar refractivity (Wildman–Crippen MR) is 113 cm³/mol. The van der Waals surface area contributed by atoms with E-state index in [1.54, 1.807) is 18.2 Å². The molecule has 0 spiro atoms. The van der Waals surface area contributed by atoms with E-state index < -0.39 is 0 Å². The zero-order valence-corrected chi connectivity index (χ0v) is 16.9. The molecule has 2 aromatic carbocycles. The molecule has 30 heavy (non-hydrogen) atoms. The first-order chi connectivity index (χ1) is 14.7. The Hall–Kier alpha value is -3.46. The van der Waals surface area contributed by atoms with Crippen molar-refractivity contribution in [1.82, 2.24) is 14.8 Å². The molecule has 1 amide bonds. The maximum absolute atomic E-state index is 12.4. The number of amides is 1. The molecule has 8 nitrogen and oxygen atoms in total. The number of hydrogen-bond donors (Lipinski definition) is 1. The van der Waals surface area contributed by atoms with Crippen molar-refractivity contribution in [1.29, 1.82) is 0 Å². The topological polar surface area (TPSA) is 91.4 Å². The zero-order chi connectivity index (χ0) is 20.5. The number of rotatable bonds is 6. The molecule has 0 unspecified atom stereocenters. The second-order valence-electron chi connectivity index (χ2n) is 6.60. The molecule has 0 atom stereocenters. The molecule has 0 aliphatic carbocycles. The van der Waals surface area contributed by atoms with Gasteiger partial charge in [0.05, 0.1) is 5.75 Å². The van der Waals surface area contributed by atoms with E-state index in [9.17, 15) is 4.79 Å². The highest BCUT2D eigenvalue weighted by molar-refractivity contribution is 7.99. The highest BCUT2D eigenvalue weighted by Crippen LogP contribution is 2.34. The van der Waals surface area contributed by atoms with Crippen LogP contribution in [-0.2, 0) is 11.3 Å². The number of anilines is 1. The number of para-hydroxylation sites is 1. The minimum Gasteiger partial charge on any atom is -0.454 e. The van der Waals surface area contributed by atoms with E-state index in [1.165, 1.54) is 11.8 Å². The van der Waals surface area contributed by atoms with Gasteiger partial charge in [0.1, 0.15) is 5.58 Å².